The maximum absolute atomic E-state index is 11.8. The van der Waals surface area contributed by atoms with Gasteiger partial charge in [0.1, 0.15) is 11.2 Å². The van der Waals surface area contributed by atoms with Crippen LogP contribution in [0.1, 0.15) is 40.5 Å². The van der Waals surface area contributed by atoms with Gasteiger partial charge in [-0.15, -0.1) is 0 Å². The largest absolute Gasteiger partial charge is 0.466 e. The summed E-state index contributed by atoms with van der Waals surface area (Å²) in [6.45, 7) is 6.89. The molecule has 0 radical (unpaired) electrons. The van der Waals surface area contributed by atoms with E-state index in [0.717, 1.165) is 0 Å². The third kappa shape index (κ3) is 4.97. The SMILES string of the molecule is CCOC(=O)CCC(=O)C(C)(C)C(=O)OCC. The van der Waals surface area contributed by atoms with Crippen LogP contribution in [-0.4, -0.2) is 30.9 Å². The molecule has 0 aromatic rings. The van der Waals surface area contributed by atoms with Crippen LogP contribution in [0.2, 0.25) is 0 Å². The Morgan fingerprint density at radius 1 is 0.941 bits per heavy atom. The van der Waals surface area contributed by atoms with E-state index in [4.69, 9.17) is 9.47 Å². The van der Waals surface area contributed by atoms with E-state index in [-0.39, 0.29) is 31.8 Å². The minimum absolute atomic E-state index is 0.00446. The molecule has 98 valence electrons. The van der Waals surface area contributed by atoms with Gasteiger partial charge in [0, 0.05) is 6.42 Å². The molecular weight excluding hydrogens is 224 g/mol. The minimum Gasteiger partial charge on any atom is -0.466 e. The monoisotopic (exact) mass is 244 g/mol. The third-order valence-electron chi connectivity index (χ3n) is 2.34. The van der Waals surface area contributed by atoms with Crippen LogP contribution in [0.15, 0.2) is 0 Å². The van der Waals surface area contributed by atoms with E-state index in [9.17, 15) is 14.4 Å². The molecular formula is C12H20O5. The molecule has 0 aromatic heterocycles. The lowest BCUT2D eigenvalue weighted by Crippen LogP contribution is -2.35. The van der Waals surface area contributed by atoms with Crippen LogP contribution in [0.5, 0.6) is 0 Å². The Kier molecular flexibility index (Phi) is 6.46. The van der Waals surface area contributed by atoms with Crippen LogP contribution in [-0.2, 0) is 23.9 Å². The summed E-state index contributed by atoms with van der Waals surface area (Å²) in [4.78, 5) is 34.4. The molecule has 0 N–H and O–H groups in total. The van der Waals surface area contributed by atoms with Gasteiger partial charge in [0.05, 0.1) is 19.6 Å². The lowest BCUT2D eigenvalue weighted by molar-refractivity contribution is -0.158. The van der Waals surface area contributed by atoms with Gasteiger partial charge in [-0.1, -0.05) is 0 Å². The lowest BCUT2D eigenvalue weighted by atomic mass is 9.86. The minimum atomic E-state index is -1.21. The average Bonchev–Trinajstić information content (AvgIpc) is 2.26. The van der Waals surface area contributed by atoms with Crippen LogP contribution in [0.4, 0.5) is 0 Å². The molecule has 5 heteroatoms. The summed E-state index contributed by atoms with van der Waals surface area (Å²) in [6.07, 6.45) is -0.0137. The fourth-order valence-electron chi connectivity index (χ4n) is 1.19. The maximum Gasteiger partial charge on any atom is 0.319 e. The van der Waals surface area contributed by atoms with Crippen molar-refractivity contribution in [3.8, 4) is 0 Å². The Hall–Kier alpha value is -1.39. The molecule has 0 bridgehead atoms. The van der Waals surface area contributed by atoms with Crippen molar-refractivity contribution < 1.29 is 23.9 Å². The van der Waals surface area contributed by atoms with Crippen molar-refractivity contribution in [2.45, 2.75) is 40.5 Å². The zero-order chi connectivity index (χ0) is 13.5. The van der Waals surface area contributed by atoms with E-state index in [1.54, 1.807) is 13.8 Å². The fourth-order valence-corrected chi connectivity index (χ4v) is 1.19. The van der Waals surface area contributed by atoms with Crippen LogP contribution in [0.25, 0.3) is 0 Å². The predicted octanol–water partition coefficient (Wildman–Crippen LogP) is 1.49. The Bertz CT molecular complexity index is 293. The van der Waals surface area contributed by atoms with Gasteiger partial charge in [-0.2, -0.15) is 0 Å². The second kappa shape index (κ2) is 7.04. The molecule has 0 aliphatic heterocycles. The summed E-state index contributed by atoms with van der Waals surface area (Å²) in [5, 5.41) is 0. The van der Waals surface area contributed by atoms with Gasteiger partial charge in [0.2, 0.25) is 0 Å². The number of Topliss-reactive ketones (excluding diaryl/α,β-unsaturated/α-hetero) is 1. The summed E-state index contributed by atoms with van der Waals surface area (Å²) in [5.41, 5.74) is -1.21. The van der Waals surface area contributed by atoms with E-state index in [2.05, 4.69) is 0 Å². The first-order valence-corrected chi connectivity index (χ1v) is 5.72. The predicted molar refractivity (Wildman–Crippen MR) is 61.3 cm³/mol. The van der Waals surface area contributed by atoms with Crippen molar-refractivity contribution in [2.24, 2.45) is 5.41 Å². The summed E-state index contributed by atoms with van der Waals surface area (Å²) in [6, 6.07) is 0. The normalized spacial score (nSPS) is 10.8. The summed E-state index contributed by atoms with van der Waals surface area (Å²) < 4.78 is 9.51. The molecule has 0 aliphatic rings. The first-order valence-electron chi connectivity index (χ1n) is 5.72. The zero-order valence-electron chi connectivity index (χ0n) is 10.9. The molecule has 0 atom stereocenters. The number of hydrogen-bond acceptors (Lipinski definition) is 5. The molecule has 0 aromatic carbocycles. The van der Waals surface area contributed by atoms with Crippen molar-refractivity contribution in [1.29, 1.82) is 0 Å². The summed E-state index contributed by atoms with van der Waals surface area (Å²) in [7, 11) is 0. The highest BCUT2D eigenvalue weighted by Crippen LogP contribution is 2.21. The summed E-state index contributed by atoms with van der Waals surface area (Å²) in [5.74, 6) is -1.31. The molecule has 0 heterocycles. The van der Waals surface area contributed by atoms with E-state index >= 15 is 0 Å². The van der Waals surface area contributed by atoms with Crippen molar-refractivity contribution in [1.82, 2.24) is 0 Å². The summed E-state index contributed by atoms with van der Waals surface area (Å²) >= 11 is 0. The topological polar surface area (TPSA) is 69.7 Å². The molecule has 0 amide bonds. The zero-order valence-corrected chi connectivity index (χ0v) is 10.9. The molecule has 0 spiro atoms. The molecule has 17 heavy (non-hydrogen) atoms. The number of esters is 2. The second-order valence-corrected chi connectivity index (χ2v) is 4.07. The number of ketones is 1. The molecule has 0 fully saturated rings. The standard InChI is InChI=1S/C12H20O5/c1-5-16-10(14)8-7-9(13)12(3,4)11(15)17-6-2/h5-8H2,1-4H3. The molecule has 0 unspecified atom stereocenters. The number of rotatable bonds is 7. The molecule has 0 rings (SSSR count). The van der Waals surface area contributed by atoms with Gasteiger partial charge in [0.25, 0.3) is 0 Å². The molecule has 0 saturated heterocycles. The molecule has 0 aliphatic carbocycles. The van der Waals surface area contributed by atoms with Crippen molar-refractivity contribution in [2.75, 3.05) is 13.2 Å². The first-order chi connectivity index (χ1) is 7.86. The Morgan fingerprint density at radius 3 is 1.94 bits per heavy atom. The van der Waals surface area contributed by atoms with E-state index < -0.39 is 17.4 Å². The Morgan fingerprint density at radius 2 is 1.47 bits per heavy atom. The third-order valence-corrected chi connectivity index (χ3v) is 2.34. The number of ether oxygens (including phenoxy) is 2. The Balaban J connectivity index is 4.29. The fraction of sp³-hybridized carbons (Fsp3) is 0.750. The van der Waals surface area contributed by atoms with Crippen LogP contribution in [0.3, 0.4) is 0 Å². The van der Waals surface area contributed by atoms with Crippen LogP contribution in [0, 0.1) is 5.41 Å². The van der Waals surface area contributed by atoms with Gasteiger partial charge in [-0.05, 0) is 27.7 Å². The van der Waals surface area contributed by atoms with Gasteiger partial charge in [-0.3, -0.25) is 14.4 Å². The van der Waals surface area contributed by atoms with Gasteiger partial charge in [0.15, 0.2) is 0 Å². The number of hydrogen-bond donors (Lipinski definition) is 0. The van der Waals surface area contributed by atoms with E-state index in [1.807, 2.05) is 0 Å². The van der Waals surface area contributed by atoms with Gasteiger partial charge >= 0.3 is 11.9 Å². The number of carbonyl (C=O) groups is 3. The van der Waals surface area contributed by atoms with Crippen molar-refractivity contribution >= 4 is 17.7 Å². The molecule has 0 saturated carbocycles. The quantitative estimate of drug-likeness (QED) is 0.501. The van der Waals surface area contributed by atoms with Gasteiger partial charge < -0.3 is 9.47 Å². The smallest absolute Gasteiger partial charge is 0.319 e. The lowest BCUT2D eigenvalue weighted by Gasteiger charge is -2.20. The van der Waals surface area contributed by atoms with Gasteiger partial charge in [-0.25, -0.2) is 0 Å². The number of carbonyl (C=O) groups excluding carboxylic acids is 3. The van der Waals surface area contributed by atoms with E-state index in [1.165, 1.54) is 13.8 Å². The average molecular weight is 244 g/mol. The highest BCUT2D eigenvalue weighted by molar-refractivity contribution is 6.03. The highest BCUT2D eigenvalue weighted by atomic mass is 16.5. The first kappa shape index (κ1) is 15.6. The maximum atomic E-state index is 11.8. The second-order valence-electron chi connectivity index (χ2n) is 4.07. The Labute approximate surface area is 101 Å². The van der Waals surface area contributed by atoms with Crippen molar-refractivity contribution in [3.05, 3.63) is 0 Å². The van der Waals surface area contributed by atoms with Crippen molar-refractivity contribution in [3.63, 3.8) is 0 Å². The van der Waals surface area contributed by atoms with Crippen LogP contribution < -0.4 is 0 Å². The van der Waals surface area contributed by atoms with Crippen LogP contribution >= 0.6 is 0 Å². The molecule has 5 nitrogen and oxygen atoms in total. The van der Waals surface area contributed by atoms with E-state index in [0.29, 0.717) is 0 Å². The highest BCUT2D eigenvalue weighted by Gasteiger charge is 2.36.